The van der Waals surface area contributed by atoms with Crippen LogP contribution >= 0.6 is 34.5 Å². The second kappa shape index (κ2) is 5.37. The van der Waals surface area contributed by atoms with Crippen molar-refractivity contribution in [3.05, 3.63) is 57.5 Å². The van der Waals surface area contributed by atoms with Crippen molar-refractivity contribution >= 4 is 50.4 Å². The molecule has 3 aromatic rings. The Kier molecular flexibility index (Phi) is 3.60. The van der Waals surface area contributed by atoms with E-state index in [1.165, 1.54) is 0 Å². The number of nitrogens with zero attached hydrogens (tertiary/aromatic N) is 1. The fourth-order valence-electron chi connectivity index (χ4n) is 1.91. The van der Waals surface area contributed by atoms with E-state index in [0.29, 0.717) is 11.6 Å². The van der Waals surface area contributed by atoms with Gasteiger partial charge in [0.1, 0.15) is 5.52 Å². The number of hydrogen-bond acceptors (Lipinski definition) is 3. The van der Waals surface area contributed by atoms with Gasteiger partial charge in [-0.25, -0.2) is 4.98 Å². The average Bonchev–Trinajstić information content (AvgIpc) is 2.86. The van der Waals surface area contributed by atoms with Crippen LogP contribution < -0.4 is 5.32 Å². The molecule has 0 saturated heterocycles. The van der Waals surface area contributed by atoms with Crippen LogP contribution in [0.15, 0.2) is 41.9 Å². The van der Waals surface area contributed by atoms with Crippen LogP contribution in [-0.2, 0) is 6.54 Å². The fraction of sp³-hybridized carbons (Fsp3) is 0.0714. The second-order valence-corrected chi connectivity index (χ2v) is 5.83. The molecule has 19 heavy (non-hydrogen) atoms. The zero-order valence-electron chi connectivity index (χ0n) is 9.86. The lowest BCUT2D eigenvalue weighted by atomic mass is 10.2. The van der Waals surface area contributed by atoms with Gasteiger partial charge in [-0.2, -0.15) is 0 Å². The summed E-state index contributed by atoms with van der Waals surface area (Å²) in [6.07, 6.45) is 0. The number of thiazole rings is 1. The Balaban J connectivity index is 1.89. The molecule has 2 nitrogen and oxygen atoms in total. The lowest BCUT2D eigenvalue weighted by Crippen LogP contribution is -2.00. The van der Waals surface area contributed by atoms with Gasteiger partial charge in [0.15, 0.2) is 0 Å². The minimum Gasteiger partial charge on any atom is -0.378 e. The summed E-state index contributed by atoms with van der Waals surface area (Å²) in [7, 11) is 0. The van der Waals surface area contributed by atoms with E-state index in [1.54, 1.807) is 11.3 Å². The van der Waals surface area contributed by atoms with Gasteiger partial charge in [-0.05, 0) is 29.8 Å². The summed E-state index contributed by atoms with van der Waals surface area (Å²) < 4.78 is 1.12. The van der Waals surface area contributed by atoms with Gasteiger partial charge in [-0.3, -0.25) is 0 Å². The van der Waals surface area contributed by atoms with Crippen LogP contribution in [0.5, 0.6) is 0 Å². The molecule has 2 aromatic carbocycles. The quantitative estimate of drug-likeness (QED) is 0.718. The fourth-order valence-corrected chi connectivity index (χ4v) is 3.03. The first-order valence-electron chi connectivity index (χ1n) is 5.74. The molecule has 0 amide bonds. The first-order valence-corrected chi connectivity index (χ1v) is 7.37. The Morgan fingerprint density at radius 3 is 2.89 bits per heavy atom. The molecule has 0 unspecified atom stereocenters. The predicted octanol–water partition coefficient (Wildman–Crippen LogP) is 5.22. The SMILES string of the molecule is Clc1cccc(CNc2c(Cl)ccc3scnc23)c1. The molecule has 3 rings (SSSR count). The van der Waals surface area contributed by atoms with Gasteiger partial charge in [0.2, 0.25) is 0 Å². The Morgan fingerprint density at radius 1 is 1.16 bits per heavy atom. The van der Waals surface area contributed by atoms with Crippen LogP contribution in [-0.4, -0.2) is 4.98 Å². The number of rotatable bonds is 3. The lowest BCUT2D eigenvalue weighted by Gasteiger charge is -2.09. The Hall–Kier alpha value is -1.29. The van der Waals surface area contributed by atoms with E-state index in [1.807, 2.05) is 41.9 Å². The predicted molar refractivity (Wildman–Crippen MR) is 83.4 cm³/mol. The van der Waals surface area contributed by atoms with Crippen LogP contribution in [0.2, 0.25) is 10.0 Å². The van der Waals surface area contributed by atoms with E-state index in [9.17, 15) is 0 Å². The zero-order valence-corrected chi connectivity index (χ0v) is 12.2. The van der Waals surface area contributed by atoms with E-state index in [2.05, 4.69) is 10.3 Å². The summed E-state index contributed by atoms with van der Waals surface area (Å²) in [6, 6.07) is 11.6. The highest BCUT2D eigenvalue weighted by atomic mass is 35.5. The second-order valence-electron chi connectivity index (χ2n) is 4.10. The Bertz CT molecular complexity index is 724. The highest BCUT2D eigenvalue weighted by Crippen LogP contribution is 2.32. The van der Waals surface area contributed by atoms with E-state index < -0.39 is 0 Å². The maximum atomic E-state index is 6.23. The maximum Gasteiger partial charge on any atom is 0.106 e. The highest BCUT2D eigenvalue weighted by Gasteiger charge is 2.08. The Labute approximate surface area is 125 Å². The third-order valence-electron chi connectivity index (χ3n) is 2.81. The molecule has 1 N–H and O–H groups in total. The van der Waals surface area contributed by atoms with Crippen LogP contribution in [0.4, 0.5) is 5.69 Å². The van der Waals surface area contributed by atoms with Gasteiger partial charge >= 0.3 is 0 Å². The molecular weight excluding hydrogens is 299 g/mol. The largest absolute Gasteiger partial charge is 0.378 e. The molecule has 1 aromatic heterocycles. The van der Waals surface area contributed by atoms with Crippen molar-refractivity contribution in [1.29, 1.82) is 0 Å². The van der Waals surface area contributed by atoms with Crippen LogP contribution in [0.1, 0.15) is 5.56 Å². The minimum atomic E-state index is 0.664. The van der Waals surface area contributed by atoms with E-state index in [-0.39, 0.29) is 0 Å². The zero-order chi connectivity index (χ0) is 13.2. The summed E-state index contributed by atoms with van der Waals surface area (Å²) in [6.45, 7) is 0.664. The van der Waals surface area contributed by atoms with Gasteiger partial charge in [-0.15, -0.1) is 11.3 Å². The molecule has 0 atom stereocenters. The van der Waals surface area contributed by atoms with Gasteiger partial charge < -0.3 is 5.32 Å². The number of halogens is 2. The van der Waals surface area contributed by atoms with Gasteiger partial charge in [0.25, 0.3) is 0 Å². The normalized spacial score (nSPS) is 10.8. The molecule has 0 saturated carbocycles. The number of anilines is 1. The van der Waals surface area contributed by atoms with Crippen molar-refractivity contribution in [3.8, 4) is 0 Å². The summed E-state index contributed by atoms with van der Waals surface area (Å²) in [4.78, 5) is 4.35. The first-order chi connectivity index (χ1) is 9.24. The molecule has 1 heterocycles. The molecule has 0 fully saturated rings. The number of aromatic nitrogens is 1. The summed E-state index contributed by atoms with van der Waals surface area (Å²) >= 11 is 13.8. The molecular formula is C14H10Cl2N2S. The van der Waals surface area contributed by atoms with Crippen molar-refractivity contribution in [1.82, 2.24) is 4.98 Å². The smallest absolute Gasteiger partial charge is 0.106 e. The van der Waals surface area contributed by atoms with E-state index >= 15 is 0 Å². The van der Waals surface area contributed by atoms with Crippen molar-refractivity contribution < 1.29 is 0 Å². The lowest BCUT2D eigenvalue weighted by molar-refractivity contribution is 1.15. The van der Waals surface area contributed by atoms with Crippen molar-refractivity contribution in [3.63, 3.8) is 0 Å². The third-order valence-corrected chi connectivity index (χ3v) is 4.15. The van der Waals surface area contributed by atoms with E-state index in [0.717, 1.165) is 26.5 Å². The molecule has 0 aliphatic heterocycles. The summed E-state index contributed by atoms with van der Waals surface area (Å²) in [5, 5.41) is 4.75. The van der Waals surface area contributed by atoms with Gasteiger partial charge in [0, 0.05) is 11.6 Å². The number of fused-ring (bicyclic) bond motifs is 1. The first kappa shape index (κ1) is 12.7. The maximum absolute atomic E-state index is 6.23. The highest BCUT2D eigenvalue weighted by molar-refractivity contribution is 7.16. The van der Waals surface area contributed by atoms with Gasteiger partial charge in [-0.1, -0.05) is 35.3 Å². The van der Waals surface area contributed by atoms with Crippen molar-refractivity contribution in [2.45, 2.75) is 6.54 Å². The average molecular weight is 309 g/mol. The number of hydrogen-bond donors (Lipinski definition) is 1. The van der Waals surface area contributed by atoms with Crippen LogP contribution in [0, 0.1) is 0 Å². The minimum absolute atomic E-state index is 0.664. The molecule has 0 bridgehead atoms. The standard InChI is InChI=1S/C14H10Cl2N2S/c15-10-3-1-2-9(6-10)7-17-13-11(16)4-5-12-14(13)18-8-19-12/h1-6,8,17H,7H2. The van der Waals surface area contributed by atoms with Crippen LogP contribution in [0.3, 0.4) is 0 Å². The topological polar surface area (TPSA) is 24.9 Å². The Morgan fingerprint density at radius 2 is 2.05 bits per heavy atom. The number of nitrogens with one attached hydrogen (secondary N) is 1. The summed E-state index contributed by atoms with van der Waals surface area (Å²) in [5.74, 6) is 0. The third kappa shape index (κ3) is 2.68. The number of benzene rings is 2. The van der Waals surface area contributed by atoms with Crippen molar-refractivity contribution in [2.75, 3.05) is 5.32 Å². The van der Waals surface area contributed by atoms with Gasteiger partial charge in [0.05, 0.1) is 20.9 Å². The van der Waals surface area contributed by atoms with Crippen LogP contribution in [0.25, 0.3) is 10.2 Å². The molecule has 5 heteroatoms. The molecule has 96 valence electrons. The van der Waals surface area contributed by atoms with E-state index in [4.69, 9.17) is 23.2 Å². The molecule has 0 radical (unpaired) electrons. The molecule has 0 spiro atoms. The summed E-state index contributed by atoms with van der Waals surface area (Å²) in [5.41, 5.74) is 4.72. The molecule has 0 aliphatic rings. The molecule has 0 aliphatic carbocycles. The van der Waals surface area contributed by atoms with Crippen molar-refractivity contribution in [2.24, 2.45) is 0 Å². The monoisotopic (exact) mass is 308 g/mol.